The van der Waals surface area contributed by atoms with Crippen molar-refractivity contribution in [1.82, 2.24) is 5.32 Å². The molecule has 1 aliphatic heterocycles. The van der Waals surface area contributed by atoms with Crippen molar-refractivity contribution in [2.24, 2.45) is 0 Å². The van der Waals surface area contributed by atoms with Gasteiger partial charge in [0.2, 0.25) is 0 Å². The molecule has 0 radical (unpaired) electrons. The smallest absolute Gasteiger partial charge is 0.336 e. The number of rotatable bonds is 5. The molecule has 0 bridgehead atoms. The molecule has 2 aliphatic rings. The molecule has 5 heteroatoms. The highest BCUT2D eigenvalue weighted by Gasteiger charge is 2.41. The SMILES string of the molecule is CCOC(=O)C1=C(C)NC2=C(C(=O)CC(c3ccc(OC)cc3)C2)C1c1ccc(C)cc1. The molecule has 1 N–H and O–H groups in total. The van der Waals surface area contributed by atoms with Crippen molar-refractivity contribution in [3.05, 3.63) is 87.8 Å². The quantitative estimate of drug-likeness (QED) is 0.680. The number of carbonyl (C=O) groups is 2. The Kier molecular flexibility index (Phi) is 6.17. The maximum Gasteiger partial charge on any atom is 0.336 e. The molecular formula is C27H29NO4. The number of methoxy groups -OCH3 is 1. The van der Waals surface area contributed by atoms with Crippen LogP contribution >= 0.6 is 0 Å². The molecule has 0 aromatic heterocycles. The molecule has 0 spiro atoms. The van der Waals surface area contributed by atoms with Gasteiger partial charge in [-0.05, 0) is 56.4 Å². The minimum absolute atomic E-state index is 0.0689. The summed E-state index contributed by atoms with van der Waals surface area (Å²) in [7, 11) is 1.64. The van der Waals surface area contributed by atoms with Crippen molar-refractivity contribution >= 4 is 11.8 Å². The third kappa shape index (κ3) is 4.07. The Labute approximate surface area is 189 Å². The van der Waals surface area contributed by atoms with Crippen molar-refractivity contribution in [1.29, 1.82) is 0 Å². The average molecular weight is 432 g/mol. The zero-order valence-corrected chi connectivity index (χ0v) is 19.0. The Hall–Kier alpha value is -3.34. The highest BCUT2D eigenvalue weighted by Crippen LogP contribution is 2.45. The number of Topliss-reactive ketones (excluding diaryl/α,β-unsaturated/α-hetero) is 1. The van der Waals surface area contributed by atoms with E-state index in [2.05, 4.69) is 5.32 Å². The number of carbonyl (C=O) groups excluding carboxylic acids is 2. The van der Waals surface area contributed by atoms with E-state index in [1.807, 2.05) is 62.4 Å². The fourth-order valence-electron chi connectivity index (χ4n) is 4.72. The molecule has 0 saturated carbocycles. The number of allylic oxidation sites excluding steroid dienone is 3. The van der Waals surface area contributed by atoms with Gasteiger partial charge in [-0.2, -0.15) is 0 Å². The van der Waals surface area contributed by atoms with E-state index >= 15 is 0 Å². The van der Waals surface area contributed by atoms with Gasteiger partial charge in [0.1, 0.15) is 5.75 Å². The van der Waals surface area contributed by atoms with Crippen LogP contribution in [0.3, 0.4) is 0 Å². The van der Waals surface area contributed by atoms with Gasteiger partial charge < -0.3 is 14.8 Å². The summed E-state index contributed by atoms with van der Waals surface area (Å²) in [5.74, 6) is 0.147. The number of hydrogen-bond acceptors (Lipinski definition) is 5. The van der Waals surface area contributed by atoms with Gasteiger partial charge in [-0.15, -0.1) is 0 Å². The van der Waals surface area contributed by atoms with Gasteiger partial charge in [0.25, 0.3) is 0 Å². The van der Waals surface area contributed by atoms with E-state index in [4.69, 9.17) is 9.47 Å². The summed E-state index contributed by atoms with van der Waals surface area (Å²) in [5, 5.41) is 3.38. The summed E-state index contributed by atoms with van der Waals surface area (Å²) in [6.45, 7) is 5.99. The zero-order chi connectivity index (χ0) is 22.8. The second-order valence-corrected chi connectivity index (χ2v) is 8.42. The van der Waals surface area contributed by atoms with E-state index in [0.717, 1.165) is 33.8 Å². The van der Waals surface area contributed by atoms with Crippen LogP contribution in [0.15, 0.2) is 71.1 Å². The first-order chi connectivity index (χ1) is 15.4. The Morgan fingerprint density at radius 3 is 2.28 bits per heavy atom. The molecule has 32 heavy (non-hydrogen) atoms. The maximum absolute atomic E-state index is 13.5. The van der Waals surface area contributed by atoms with Crippen LogP contribution in [-0.2, 0) is 14.3 Å². The lowest BCUT2D eigenvalue weighted by atomic mass is 9.71. The van der Waals surface area contributed by atoms with Crippen LogP contribution in [0.5, 0.6) is 5.75 Å². The third-order valence-electron chi connectivity index (χ3n) is 6.32. The molecule has 0 fully saturated rings. The van der Waals surface area contributed by atoms with Gasteiger partial charge in [-0.1, -0.05) is 42.0 Å². The van der Waals surface area contributed by atoms with Crippen molar-refractivity contribution in [3.63, 3.8) is 0 Å². The van der Waals surface area contributed by atoms with Gasteiger partial charge in [-0.25, -0.2) is 4.79 Å². The van der Waals surface area contributed by atoms with E-state index in [0.29, 0.717) is 24.0 Å². The first-order valence-corrected chi connectivity index (χ1v) is 11.0. The third-order valence-corrected chi connectivity index (χ3v) is 6.32. The fourth-order valence-corrected chi connectivity index (χ4v) is 4.72. The lowest BCUT2D eigenvalue weighted by Gasteiger charge is -2.36. The predicted octanol–water partition coefficient (Wildman–Crippen LogP) is 4.93. The number of hydrogen-bond donors (Lipinski definition) is 1. The molecular weight excluding hydrogens is 402 g/mol. The highest BCUT2D eigenvalue weighted by atomic mass is 16.5. The molecule has 2 atom stereocenters. The molecule has 166 valence electrons. The summed E-state index contributed by atoms with van der Waals surface area (Å²) in [4.78, 5) is 26.4. The maximum atomic E-state index is 13.5. The Bertz CT molecular complexity index is 1090. The van der Waals surface area contributed by atoms with Gasteiger partial charge in [0.05, 0.1) is 19.3 Å². The minimum Gasteiger partial charge on any atom is -0.497 e. The predicted molar refractivity (Wildman–Crippen MR) is 123 cm³/mol. The molecule has 0 amide bonds. The second-order valence-electron chi connectivity index (χ2n) is 8.42. The molecule has 5 nitrogen and oxygen atoms in total. The normalized spacial score (nSPS) is 20.6. The van der Waals surface area contributed by atoms with Crippen LogP contribution in [0.2, 0.25) is 0 Å². The van der Waals surface area contributed by atoms with Crippen LogP contribution < -0.4 is 10.1 Å². The summed E-state index contributed by atoms with van der Waals surface area (Å²) >= 11 is 0. The summed E-state index contributed by atoms with van der Waals surface area (Å²) in [5.41, 5.74) is 6.03. The standard InChI is InChI=1S/C27H29NO4/c1-5-32-27(30)24-17(3)28-22-14-20(18-10-12-21(31-4)13-11-18)15-23(29)26(22)25(24)19-8-6-16(2)7-9-19/h6-13,20,25,28H,5,14-15H2,1-4H3. The number of ether oxygens (including phenoxy) is 2. The van der Waals surface area contributed by atoms with Crippen molar-refractivity contribution in [2.45, 2.75) is 45.4 Å². The summed E-state index contributed by atoms with van der Waals surface area (Å²) in [6.07, 6.45) is 1.12. The monoisotopic (exact) mass is 431 g/mol. The van der Waals surface area contributed by atoms with E-state index < -0.39 is 5.92 Å². The van der Waals surface area contributed by atoms with E-state index in [9.17, 15) is 9.59 Å². The highest BCUT2D eigenvalue weighted by molar-refractivity contribution is 6.04. The van der Waals surface area contributed by atoms with Crippen LogP contribution in [0.4, 0.5) is 0 Å². The average Bonchev–Trinajstić information content (AvgIpc) is 2.78. The molecule has 2 aromatic carbocycles. The van der Waals surface area contributed by atoms with Crippen molar-refractivity contribution in [2.75, 3.05) is 13.7 Å². The second kappa shape index (κ2) is 9.03. The fraction of sp³-hybridized carbons (Fsp3) is 0.333. The number of nitrogens with one attached hydrogen (secondary N) is 1. The summed E-state index contributed by atoms with van der Waals surface area (Å²) < 4.78 is 10.6. The van der Waals surface area contributed by atoms with Gasteiger partial charge in [0, 0.05) is 29.3 Å². The molecule has 1 heterocycles. The van der Waals surface area contributed by atoms with Gasteiger partial charge in [-0.3, -0.25) is 4.79 Å². The number of dihydropyridines is 1. The molecule has 2 aromatic rings. The largest absolute Gasteiger partial charge is 0.497 e. The van der Waals surface area contributed by atoms with Crippen LogP contribution in [0, 0.1) is 6.92 Å². The molecule has 4 rings (SSSR count). The van der Waals surface area contributed by atoms with Crippen molar-refractivity contribution in [3.8, 4) is 5.75 Å². The van der Waals surface area contributed by atoms with Crippen LogP contribution in [0.1, 0.15) is 55.2 Å². The number of esters is 1. The summed E-state index contributed by atoms with van der Waals surface area (Å²) in [6, 6.07) is 15.9. The van der Waals surface area contributed by atoms with Crippen molar-refractivity contribution < 1.29 is 19.1 Å². The molecule has 1 aliphatic carbocycles. The topological polar surface area (TPSA) is 64.6 Å². The Morgan fingerprint density at radius 1 is 1.00 bits per heavy atom. The van der Waals surface area contributed by atoms with E-state index in [1.165, 1.54) is 0 Å². The number of benzene rings is 2. The first-order valence-electron chi connectivity index (χ1n) is 11.0. The van der Waals surface area contributed by atoms with Gasteiger partial charge >= 0.3 is 5.97 Å². The molecule has 2 unspecified atom stereocenters. The first kappa shape index (κ1) is 21.9. The molecule has 0 saturated heterocycles. The number of aryl methyl sites for hydroxylation is 1. The van der Waals surface area contributed by atoms with E-state index in [1.54, 1.807) is 14.0 Å². The van der Waals surface area contributed by atoms with Crippen LogP contribution in [-0.4, -0.2) is 25.5 Å². The lowest BCUT2D eigenvalue weighted by Crippen LogP contribution is -2.36. The lowest BCUT2D eigenvalue weighted by molar-refractivity contribution is -0.138. The number of ketones is 1. The van der Waals surface area contributed by atoms with Crippen LogP contribution in [0.25, 0.3) is 0 Å². The minimum atomic E-state index is -0.421. The van der Waals surface area contributed by atoms with Gasteiger partial charge in [0.15, 0.2) is 5.78 Å². The Morgan fingerprint density at radius 2 is 1.66 bits per heavy atom. The Balaban J connectivity index is 1.76. The zero-order valence-electron chi connectivity index (χ0n) is 19.0. The van der Waals surface area contributed by atoms with E-state index in [-0.39, 0.29) is 24.3 Å².